The third-order valence-corrected chi connectivity index (χ3v) is 10.5. The number of aromatic nitrogens is 4. The molecule has 3 heterocycles. The van der Waals surface area contributed by atoms with Crippen molar-refractivity contribution in [2.24, 2.45) is 0 Å². The summed E-state index contributed by atoms with van der Waals surface area (Å²) in [6.45, 7) is 9.81. The topological polar surface area (TPSA) is 74.0 Å². The summed E-state index contributed by atoms with van der Waals surface area (Å²) in [6.07, 6.45) is 4.53. The Bertz CT molecular complexity index is 1520. The predicted molar refractivity (Wildman–Crippen MR) is 141 cm³/mol. The van der Waals surface area contributed by atoms with Crippen molar-refractivity contribution in [1.29, 1.82) is 0 Å². The molecule has 0 radical (unpaired) electrons. The predicted octanol–water partition coefficient (Wildman–Crippen LogP) is 5.21. The van der Waals surface area contributed by atoms with Gasteiger partial charge in [0.25, 0.3) is 0 Å². The zero-order chi connectivity index (χ0) is 25.3. The summed E-state index contributed by atoms with van der Waals surface area (Å²) >= 11 is 0. The first kappa shape index (κ1) is 23.5. The molecule has 9 heteroatoms. The molecule has 4 aromatic rings. The zero-order valence-electron chi connectivity index (χ0n) is 21.2. The minimum absolute atomic E-state index is 0.0436. The quantitative estimate of drug-likeness (QED) is 0.370. The number of halogens is 1. The van der Waals surface area contributed by atoms with Crippen molar-refractivity contribution in [1.82, 2.24) is 18.7 Å². The van der Waals surface area contributed by atoms with Gasteiger partial charge in [0.1, 0.15) is 17.3 Å². The molecular formula is C26H32FN5O2S. The van der Waals surface area contributed by atoms with Gasteiger partial charge in [0.05, 0.1) is 23.9 Å². The van der Waals surface area contributed by atoms with E-state index in [4.69, 9.17) is 4.74 Å². The van der Waals surface area contributed by atoms with Gasteiger partial charge in [0, 0.05) is 28.7 Å². The molecule has 1 atom stereocenters. The number of anilines is 1. The van der Waals surface area contributed by atoms with Gasteiger partial charge < -0.3 is 10.1 Å². The van der Waals surface area contributed by atoms with Gasteiger partial charge in [-0.15, -0.1) is 10.2 Å². The third-order valence-electron chi connectivity index (χ3n) is 7.29. The first-order valence-corrected chi connectivity index (χ1v) is 14.0. The number of ether oxygens (including phenoxy) is 1. The zero-order valence-corrected chi connectivity index (χ0v) is 22.1. The summed E-state index contributed by atoms with van der Waals surface area (Å²) in [6, 6.07) is 9.29. The van der Waals surface area contributed by atoms with E-state index < -0.39 is 15.7 Å². The fourth-order valence-electron chi connectivity index (χ4n) is 5.05. The number of aryl methyl sites for hydroxylation is 1. The maximum absolute atomic E-state index is 15.7. The molecule has 1 N–H and O–H groups in total. The van der Waals surface area contributed by atoms with Crippen molar-refractivity contribution in [3.05, 3.63) is 54.0 Å². The lowest BCUT2D eigenvalue weighted by atomic mass is 9.95. The fraction of sp³-hybridized carbons (Fsp3) is 0.385. The van der Waals surface area contributed by atoms with Crippen LogP contribution in [0.1, 0.15) is 45.8 Å². The van der Waals surface area contributed by atoms with E-state index >= 15 is 4.39 Å². The maximum Gasteiger partial charge on any atom is 0.162 e. The van der Waals surface area contributed by atoms with Gasteiger partial charge in [-0.3, -0.25) is 12.7 Å². The molecule has 7 nitrogen and oxygen atoms in total. The molecule has 1 aliphatic rings. The molecule has 0 saturated heterocycles. The van der Waals surface area contributed by atoms with E-state index in [1.807, 2.05) is 73.0 Å². The molecule has 0 spiro atoms. The number of nitrogens with one attached hydrogen (secondary N) is 1. The number of nitrogens with zero attached hydrogens (tertiary/aromatic N) is 4. The Kier molecular flexibility index (Phi) is 5.32. The van der Waals surface area contributed by atoms with Gasteiger partial charge in [-0.2, -0.15) is 0 Å². The highest BCUT2D eigenvalue weighted by Gasteiger charge is 2.38. The smallest absolute Gasteiger partial charge is 0.162 e. The molecule has 35 heavy (non-hydrogen) atoms. The minimum atomic E-state index is -2.67. The van der Waals surface area contributed by atoms with Crippen molar-refractivity contribution < 1.29 is 13.3 Å². The van der Waals surface area contributed by atoms with Crippen LogP contribution in [0.15, 0.2) is 36.5 Å². The maximum atomic E-state index is 15.7. The van der Waals surface area contributed by atoms with E-state index in [1.54, 1.807) is 7.11 Å². The first-order chi connectivity index (χ1) is 16.5. The molecule has 2 aromatic carbocycles. The lowest BCUT2D eigenvalue weighted by Crippen LogP contribution is -2.36. The van der Waals surface area contributed by atoms with Crippen LogP contribution < -0.4 is 10.1 Å². The molecule has 2 aromatic heterocycles. The Hall–Kier alpha value is -3.20. The van der Waals surface area contributed by atoms with Gasteiger partial charge in [-0.25, -0.2) is 4.39 Å². The molecule has 0 bridgehead atoms. The van der Waals surface area contributed by atoms with Gasteiger partial charge in [0.15, 0.2) is 11.6 Å². The van der Waals surface area contributed by atoms with E-state index in [0.717, 1.165) is 22.9 Å². The van der Waals surface area contributed by atoms with E-state index in [2.05, 4.69) is 22.4 Å². The molecular weight excluding hydrogens is 465 g/mol. The summed E-state index contributed by atoms with van der Waals surface area (Å²) in [4.78, 5) is 0. The van der Waals surface area contributed by atoms with E-state index in [1.165, 1.54) is 6.07 Å². The summed E-state index contributed by atoms with van der Waals surface area (Å²) in [7, 11) is -1.08. The summed E-state index contributed by atoms with van der Waals surface area (Å²) in [5.74, 6) is 1.47. The Morgan fingerprint density at radius 2 is 1.97 bits per heavy atom. The number of hydrogen-bond acceptors (Lipinski definition) is 5. The van der Waals surface area contributed by atoms with Gasteiger partial charge in [-0.1, -0.05) is 26.0 Å². The number of fused-ring (bicyclic) bond motifs is 4. The Balaban J connectivity index is 1.80. The largest absolute Gasteiger partial charge is 0.494 e. The van der Waals surface area contributed by atoms with Gasteiger partial charge >= 0.3 is 0 Å². The highest BCUT2D eigenvalue weighted by atomic mass is 32.3. The molecule has 1 aliphatic heterocycles. The monoisotopic (exact) mass is 497 g/mol. The standard InChI is InChI=1S/C26H32FN5O2S/c1-8-15(2)35(7,33)31-13-12-18-17(10-9-11-21(18)31)19-14-20(27)22-23(24(19)34-6)32-16(3)29-30-25(32)26(4,5)28-22/h9-15,28,35H,8H2,1-7H3. The minimum Gasteiger partial charge on any atom is -0.494 e. The molecule has 0 fully saturated rings. The molecule has 186 valence electrons. The van der Waals surface area contributed by atoms with Crippen LogP contribution in [-0.4, -0.2) is 41.6 Å². The van der Waals surface area contributed by atoms with Crippen LogP contribution in [0, 0.1) is 12.7 Å². The number of hydrogen-bond donors (Lipinski definition) is 2. The van der Waals surface area contributed by atoms with E-state index in [0.29, 0.717) is 34.3 Å². The fourth-order valence-corrected chi connectivity index (χ4v) is 7.08. The van der Waals surface area contributed by atoms with Crippen molar-refractivity contribution in [2.45, 2.75) is 51.8 Å². The van der Waals surface area contributed by atoms with Crippen LogP contribution in [0.5, 0.6) is 5.75 Å². The number of thiol groups is 1. The van der Waals surface area contributed by atoms with E-state index in [9.17, 15) is 4.21 Å². The molecule has 0 amide bonds. The van der Waals surface area contributed by atoms with Crippen LogP contribution in [0.2, 0.25) is 0 Å². The average molecular weight is 498 g/mol. The summed E-state index contributed by atoms with van der Waals surface area (Å²) in [5, 5.41) is 12.8. The molecule has 5 rings (SSSR count). The summed E-state index contributed by atoms with van der Waals surface area (Å²) < 4.78 is 39.1. The molecule has 0 aliphatic carbocycles. The lowest BCUT2D eigenvalue weighted by molar-refractivity contribution is 0.409. The van der Waals surface area contributed by atoms with E-state index in [-0.39, 0.29) is 11.1 Å². The van der Waals surface area contributed by atoms with Crippen molar-refractivity contribution in [3.63, 3.8) is 0 Å². The van der Waals surface area contributed by atoms with Crippen LogP contribution in [0.25, 0.3) is 27.7 Å². The SMILES string of the molecule is CCC(C)[SH](C)(=O)n1ccc2c(-c3cc(F)c4c(c3OC)-n3c(C)nnc3C(C)(C)N4)cccc21. The average Bonchev–Trinajstić information content (AvgIpc) is 3.43. The first-order valence-electron chi connectivity index (χ1n) is 11.8. The summed E-state index contributed by atoms with van der Waals surface area (Å²) in [5.41, 5.74) is 2.57. The Morgan fingerprint density at radius 1 is 1.23 bits per heavy atom. The highest BCUT2D eigenvalue weighted by Crippen LogP contribution is 2.48. The van der Waals surface area contributed by atoms with Crippen molar-refractivity contribution in [2.75, 3.05) is 18.7 Å². The number of rotatable bonds is 5. The number of benzene rings is 2. The molecule has 1 unspecified atom stereocenters. The van der Waals surface area contributed by atoms with Crippen LogP contribution >= 0.6 is 0 Å². The van der Waals surface area contributed by atoms with Crippen molar-refractivity contribution in [3.8, 4) is 22.6 Å². The van der Waals surface area contributed by atoms with Crippen LogP contribution in [0.3, 0.4) is 0 Å². The highest BCUT2D eigenvalue weighted by molar-refractivity contribution is 8.01. The van der Waals surface area contributed by atoms with Crippen molar-refractivity contribution >= 4 is 26.7 Å². The van der Waals surface area contributed by atoms with Crippen LogP contribution in [-0.2, 0) is 15.7 Å². The molecule has 0 saturated carbocycles. The second-order valence-electron chi connectivity index (χ2n) is 9.92. The van der Waals surface area contributed by atoms with Gasteiger partial charge in [-0.05, 0) is 61.1 Å². The second kappa shape index (κ2) is 7.91. The Labute approximate surface area is 205 Å². The Morgan fingerprint density at radius 3 is 2.66 bits per heavy atom. The normalized spacial score (nSPS) is 15.9. The third kappa shape index (κ3) is 3.31. The number of methoxy groups -OCH3 is 1. The van der Waals surface area contributed by atoms with Gasteiger partial charge in [0.2, 0.25) is 0 Å². The van der Waals surface area contributed by atoms with Crippen LogP contribution in [0.4, 0.5) is 10.1 Å². The second-order valence-corrected chi connectivity index (χ2v) is 13.1. The lowest BCUT2D eigenvalue weighted by Gasteiger charge is -2.35.